The van der Waals surface area contributed by atoms with Crippen LogP contribution in [0.25, 0.3) is 0 Å². The maximum Gasteiger partial charge on any atom is 0.261 e. The lowest BCUT2D eigenvalue weighted by Gasteiger charge is -2.20. The Balaban J connectivity index is 2.72. The highest BCUT2D eigenvalue weighted by Crippen LogP contribution is 2.23. The van der Waals surface area contributed by atoms with Crippen molar-refractivity contribution in [2.24, 2.45) is 0 Å². The molecule has 1 N–H and O–H groups in total. The number of carbonyl (C=O) groups is 1. The molecule has 1 aromatic rings. The van der Waals surface area contributed by atoms with Gasteiger partial charge in [0.25, 0.3) is 15.0 Å². The molecule has 0 radical (unpaired) electrons. The number of rotatable bonds is 4. The van der Waals surface area contributed by atoms with E-state index >= 15 is 0 Å². The summed E-state index contributed by atoms with van der Waals surface area (Å²) < 4.78 is 27.8. The summed E-state index contributed by atoms with van der Waals surface area (Å²) in [5.74, 6) is 0.167. The van der Waals surface area contributed by atoms with Gasteiger partial charge in [0.05, 0.1) is 4.90 Å². The number of benzene rings is 1. The number of aryl methyl sites for hydroxylation is 1. The van der Waals surface area contributed by atoms with Gasteiger partial charge in [0.2, 0.25) is 0 Å². The first-order chi connectivity index (χ1) is 8.99. The van der Waals surface area contributed by atoms with Gasteiger partial charge in [0.15, 0.2) is 6.61 Å². The molecule has 0 aliphatic rings. The second kappa shape index (κ2) is 6.01. The maximum atomic E-state index is 11.6. The third kappa shape index (κ3) is 5.38. The Hall–Kier alpha value is -1.27. The van der Waals surface area contributed by atoms with E-state index in [4.69, 9.17) is 15.4 Å². The van der Waals surface area contributed by atoms with Crippen molar-refractivity contribution in [1.29, 1.82) is 0 Å². The molecule has 0 saturated heterocycles. The van der Waals surface area contributed by atoms with Crippen LogP contribution < -0.4 is 10.1 Å². The molecule has 0 heterocycles. The third-order valence-electron chi connectivity index (χ3n) is 2.29. The predicted octanol–water partition coefficient (Wildman–Crippen LogP) is 2.22. The van der Waals surface area contributed by atoms with Gasteiger partial charge in [-0.15, -0.1) is 0 Å². The van der Waals surface area contributed by atoms with Crippen LogP contribution in [0.5, 0.6) is 5.75 Å². The fraction of sp³-hybridized carbons (Fsp3) is 0.462. The highest BCUT2D eigenvalue weighted by Gasteiger charge is 2.16. The number of halogens is 1. The lowest BCUT2D eigenvalue weighted by atomic mass is 10.1. The molecule has 0 aliphatic carbocycles. The Morgan fingerprint density at radius 1 is 1.35 bits per heavy atom. The summed E-state index contributed by atoms with van der Waals surface area (Å²) in [4.78, 5) is 11.6. The van der Waals surface area contributed by atoms with Crippen molar-refractivity contribution < 1.29 is 17.9 Å². The second-order valence-electron chi connectivity index (χ2n) is 5.45. The van der Waals surface area contributed by atoms with Gasteiger partial charge >= 0.3 is 0 Å². The first-order valence-electron chi connectivity index (χ1n) is 5.98. The van der Waals surface area contributed by atoms with Gasteiger partial charge in [-0.1, -0.05) is 0 Å². The molecule has 0 atom stereocenters. The summed E-state index contributed by atoms with van der Waals surface area (Å²) in [7, 11) is 1.52. The van der Waals surface area contributed by atoms with Gasteiger partial charge in [-0.3, -0.25) is 4.79 Å². The number of nitrogens with one attached hydrogen (secondary N) is 1. The van der Waals surface area contributed by atoms with E-state index in [1.165, 1.54) is 18.2 Å². The molecule has 7 heteroatoms. The zero-order chi connectivity index (χ0) is 15.6. The van der Waals surface area contributed by atoms with E-state index in [9.17, 15) is 13.2 Å². The van der Waals surface area contributed by atoms with Gasteiger partial charge in [-0.25, -0.2) is 8.42 Å². The molecule has 0 aliphatic heterocycles. The van der Waals surface area contributed by atoms with E-state index in [-0.39, 0.29) is 22.9 Å². The summed E-state index contributed by atoms with van der Waals surface area (Å²) in [6, 6.07) is 4.35. The Morgan fingerprint density at radius 3 is 2.40 bits per heavy atom. The Bertz CT molecular complexity index is 605. The number of amides is 1. The summed E-state index contributed by atoms with van der Waals surface area (Å²) in [5, 5.41) is 2.76. The van der Waals surface area contributed by atoms with Crippen LogP contribution in [0.2, 0.25) is 0 Å². The average molecular weight is 320 g/mol. The lowest BCUT2D eigenvalue weighted by molar-refractivity contribution is -0.124. The third-order valence-corrected chi connectivity index (χ3v) is 3.78. The van der Waals surface area contributed by atoms with E-state index < -0.39 is 9.05 Å². The number of carbonyl (C=O) groups excluding carboxylic acids is 1. The van der Waals surface area contributed by atoms with Gasteiger partial charge in [-0.2, -0.15) is 0 Å². The highest BCUT2D eigenvalue weighted by molar-refractivity contribution is 8.13. The Morgan fingerprint density at radius 2 is 1.95 bits per heavy atom. The maximum absolute atomic E-state index is 11.6. The van der Waals surface area contributed by atoms with Crippen LogP contribution in [0, 0.1) is 6.92 Å². The van der Waals surface area contributed by atoms with Crippen LogP contribution in [0.1, 0.15) is 26.3 Å². The molecule has 112 valence electrons. The fourth-order valence-electron chi connectivity index (χ4n) is 1.59. The zero-order valence-electron chi connectivity index (χ0n) is 11.9. The molecular weight excluding hydrogens is 302 g/mol. The van der Waals surface area contributed by atoms with Crippen molar-refractivity contribution in [1.82, 2.24) is 5.32 Å². The molecule has 1 aromatic carbocycles. The summed E-state index contributed by atoms with van der Waals surface area (Å²) in [6.45, 7) is 7.08. The summed E-state index contributed by atoms with van der Waals surface area (Å²) in [6.07, 6.45) is 0. The molecule has 0 spiro atoms. The molecular formula is C13H18ClNO4S. The molecule has 5 nitrogen and oxygen atoms in total. The van der Waals surface area contributed by atoms with E-state index in [1.807, 2.05) is 20.8 Å². The predicted molar refractivity (Wildman–Crippen MR) is 77.6 cm³/mol. The minimum Gasteiger partial charge on any atom is -0.484 e. The van der Waals surface area contributed by atoms with Crippen LogP contribution in [-0.4, -0.2) is 26.5 Å². The van der Waals surface area contributed by atoms with E-state index in [2.05, 4.69) is 5.32 Å². The molecule has 0 saturated carbocycles. The van der Waals surface area contributed by atoms with Gasteiger partial charge < -0.3 is 10.1 Å². The summed E-state index contributed by atoms with van der Waals surface area (Å²) >= 11 is 0. The van der Waals surface area contributed by atoms with Crippen molar-refractivity contribution >= 4 is 25.6 Å². The standard InChI is InChI=1S/C13H18ClNO4S/c1-9-7-10(5-6-11(9)20(14,17)18)19-8-12(16)15-13(2,3)4/h5-7H,8H2,1-4H3,(H,15,16). The Labute approximate surface area is 123 Å². The number of hydrogen-bond donors (Lipinski definition) is 1. The SMILES string of the molecule is Cc1cc(OCC(=O)NC(C)(C)C)ccc1S(=O)(=O)Cl. The van der Waals surface area contributed by atoms with E-state index in [0.29, 0.717) is 11.3 Å². The zero-order valence-corrected chi connectivity index (χ0v) is 13.4. The topological polar surface area (TPSA) is 72.5 Å². The van der Waals surface area contributed by atoms with Crippen molar-refractivity contribution in [3.05, 3.63) is 23.8 Å². The quantitative estimate of drug-likeness (QED) is 0.864. The lowest BCUT2D eigenvalue weighted by Crippen LogP contribution is -2.43. The highest BCUT2D eigenvalue weighted by atomic mass is 35.7. The fourth-order valence-corrected chi connectivity index (χ4v) is 2.78. The molecule has 0 bridgehead atoms. The van der Waals surface area contributed by atoms with Crippen molar-refractivity contribution in [2.45, 2.75) is 38.1 Å². The molecule has 1 rings (SSSR count). The van der Waals surface area contributed by atoms with Gasteiger partial charge in [0, 0.05) is 16.2 Å². The summed E-state index contributed by atoms with van der Waals surface area (Å²) in [5.41, 5.74) is 0.140. The minimum atomic E-state index is -3.77. The normalized spacial score (nSPS) is 12.1. The number of ether oxygens (including phenoxy) is 1. The monoisotopic (exact) mass is 319 g/mol. The van der Waals surface area contributed by atoms with E-state index in [1.54, 1.807) is 6.92 Å². The van der Waals surface area contributed by atoms with Crippen LogP contribution in [0.15, 0.2) is 23.1 Å². The molecule has 20 heavy (non-hydrogen) atoms. The smallest absolute Gasteiger partial charge is 0.261 e. The second-order valence-corrected chi connectivity index (χ2v) is 7.99. The van der Waals surface area contributed by atoms with Crippen molar-refractivity contribution in [3.63, 3.8) is 0 Å². The van der Waals surface area contributed by atoms with Crippen LogP contribution >= 0.6 is 10.7 Å². The first-order valence-corrected chi connectivity index (χ1v) is 8.29. The molecule has 0 aromatic heterocycles. The Kier molecular flexibility index (Phi) is 5.05. The molecule has 1 amide bonds. The van der Waals surface area contributed by atoms with Crippen molar-refractivity contribution in [3.8, 4) is 5.75 Å². The molecule has 0 unspecified atom stereocenters. The number of hydrogen-bond acceptors (Lipinski definition) is 4. The first kappa shape index (κ1) is 16.8. The van der Waals surface area contributed by atoms with Crippen LogP contribution in [0.4, 0.5) is 0 Å². The largest absolute Gasteiger partial charge is 0.484 e. The van der Waals surface area contributed by atoms with Gasteiger partial charge in [-0.05, 0) is 51.5 Å². The van der Waals surface area contributed by atoms with Gasteiger partial charge in [0.1, 0.15) is 5.75 Å². The average Bonchev–Trinajstić information content (AvgIpc) is 2.22. The molecule has 0 fully saturated rings. The van der Waals surface area contributed by atoms with Crippen LogP contribution in [0.3, 0.4) is 0 Å². The van der Waals surface area contributed by atoms with Crippen LogP contribution in [-0.2, 0) is 13.8 Å². The van der Waals surface area contributed by atoms with E-state index in [0.717, 1.165) is 0 Å². The van der Waals surface area contributed by atoms with Crippen molar-refractivity contribution in [2.75, 3.05) is 6.61 Å². The minimum absolute atomic E-state index is 0.0330.